The first-order valence-corrected chi connectivity index (χ1v) is 22.4. The van der Waals surface area contributed by atoms with Crippen LogP contribution in [0, 0.1) is 19.8 Å². The van der Waals surface area contributed by atoms with Gasteiger partial charge in [0.15, 0.2) is 12.4 Å². The summed E-state index contributed by atoms with van der Waals surface area (Å²) in [7, 11) is -0.162. The van der Waals surface area contributed by atoms with Crippen molar-refractivity contribution in [2.75, 3.05) is 33.4 Å². The van der Waals surface area contributed by atoms with Crippen molar-refractivity contribution < 1.29 is 50.7 Å². The van der Waals surface area contributed by atoms with Crippen molar-refractivity contribution in [3.63, 3.8) is 0 Å². The standard InChI is InChI=1S/C31H38N4O8S.C16H19F3O/c1-6-8-9-10-15-26(36)42-17-16-33-31(39)43-19-25-34-22-18-20(3)27(30(38)41-7-2)21(4)28(22)29(37)35(25)23-13-11-12-14-24(23)44(40)32-5;17-16(18,19)14-9-5-10-15(12-14)20-11-4-3-8-13-6-1-2-7-13/h6,8,11-14,18,32H,7,9-10,15-17,19H2,1-5H3,(H,33,39);3,5,8-10,12-13H,1-2,4,6-7,11H2/b8-6-;8-3+. The number of aryl methyl sites for hydroxylation is 2. The Balaban J connectivity index is 0.000000372. The maximum Gasteiger partial charge on any atom is 0.416 e. The number of carbonyl (C=O) groups excluding carboxylic acids is 3. The number of hydrogen-bond donors (Lipinski definition) is 2. The van der Waals surface area contributed by atoms with Crippen LogP contribution < -0.4 is 20.3 Å². The second kappa shape index (κ2) is 25.5. The first-order chi connectivity index (χ1) is 30.7. The van der Waals surface area contributed by atoms with Gasteiger partial charge in [-0.15, -0.1) is 0 Å². The molecule has 0 radical (unpaired) electrons. The normalized spacial score (nSPS) is 13.4. The molecule has 346 valence electrons. The highest BCUT2D eigenvalue weighted by atomic mass is 32.2. The number of carbonyl (C=O) groups is 3. The number of esters is 2. The number of unbranched alkanes of at least 4 members (excludes halogenated alkanes) is 1. The van der Waals surface area contributed by atoms with Gasteiger partial charge in [0.2, 0.25) is 0 Å². The molecule has 1 aliphatic carbocycles. The number of nitrogens with zero attached hydrogens (tertiary/aromatic N) is 2. The monoisotopic (exact) mass is 910 g/mol. The summed E-state index contributed by atoms with van der Waals surface area (Å²) < 4.78 is 75.4. The number of aromatic nitrogens is 2. The predicted molar refractivity (Wildman–Crippen MR) is 239 cm³/mol. The number of alkyl carbamates (subject to hydrolysis) is 1. The van der Waals surface area contributed by atoms with Crippen molar-refractivity contribution in [1.29, 1.82) is 0 Å². The number of benzene rings is 3. The number of halogens is 3. The fraction of sp³-hybridized carbons (Fsp3) is 0.426. The van der Waals surface area contributed by atoms with Gasteiger partial charge in [-0.2, -0.15) is 13.2 Å². The van der Waals surface area contributed by atoms with Gasteiger partial charge in [-0.25, -0.2) is 23.5 Å². The highest BCUT2D eigenvalue weighted by molar-refractivity contribution is 7.83. The van der Waals surface area contributed by atoms with E-state index in [1.165, 1.54) is 43.4 Å². The molecule has 1 fully saturated rings. The molecule has 4 aromatic rings. The fourth-order valence-electron chi connectivity index (χ4n) is 7.06. The number of para-hydroxylation sites is 1. The van der Waals surface area contributed by atoms with Gasteiger partial charge in [0.05, 0.1) is 52.4 Å². The van der Waals surface area contributed by atoms with Crippen LogP contribution in [0.5, 0.6) is 5.75 Å². The lowest BCUT2D eigenvalue weighted by Gasteiger charge is -2.18. The van der Waals surface area contributed by atoms with Crippen LogP contribution in [-0.4, -0.2) is 65.2 Å². The second-order valence-corrected chi connectivity index (χ2v) is 16.1. The van der Waals surface area contributed by atoms with E-state index in [2.05, 4.69) is 27.2 Å². The summed E-state index contributed by atoms with van der Waals surface area (Å²) in [4.78, 5) is 56.2. The Morgan fingerprint density at radius 3 is 2.42 bits per heavy atom. The van der Waals surface area contributed by atoms with Gasteiger partial charge in [-0.1, -0.05) is 55.3 Å². The molecule has 1 atom stereocenters. The molecule has 13 nitrogen and oxygen atoms in total. The van der Waals surface area contributed by atoms with E-state index in [-0.39, 0.29) is 60.4 Å². The molecule has 1 saturated carbocycles. The summed E-state index contributed by atoms with van der Waals surface area (Å²) in [6.45, 7) is 7.12. The number of ether oxygens (including phenoxy) is 4. The van der Waals surface area contributed by atoms with Crippen molar-refractivity contribution in [3.8, 4) is 11.4 Å². The molecule has 64 heavy (non-hydrogen) atoms. The zero-order valence-electron chi connectivity index (χ0n) is 36.9. The van der Waals surface area contributed by atoms with E-state index in [1.54, 1.807) is 57.2 Å². The molecule has 5 rings (SSSR count). The first-order valence-electron chi connectivity index (χ1n) is 21.3. The molecule has 1 aromatic heterocycles. The van der Waals surface area contributed by atoms with Crippen molar-refractivity contribution in [3.05, 3.63) is 117 Å². The van der Waals surface area contributed by atoms with Crippen LogP contribution in [0.3, 0.4) is 0 Å². The summed E-state index contributed by atoms with van der Waals surface area (Å²) >= 11 is 0. The molecule has 1 amide bonds. The molecule has 0 aliphatic heterocycles. The van der Waals surface area contributed by atoms with Gasteiger partial charge in [0.25, 0.3) is 5.56 Å². The van der Waals surface area contributed by atoms with E-state index in [4.69, 9.17) is 18.9 Å². The van der Waals surface area contributed by atoms with E-state index < -0.39 is 47.0 Å². The number of rotatable bonds is 19. The molecule has 17 heteroatoms. The summed E-state index contributed by atoms with van der Waals surface area (Å²) in [6, 6.07) is 13.2. The number of allylic oxidation sites excluding steroid dienone is 3. The lowest BCUT2D eigenvalue weighted by Crippen LogP contribution is -2.31. The van der Waals surface area contributed by atoms with Gasteiger partial charge in [-0.05, 0) is 120 Å². The third-order valence-corrected chi connectivity index (χ3v) is 11.2. The Morgan fingerprint density at radius 2 is 1.72 bits per heavy atom. The molecule has 1 unspecified atom stereocenters. The van der Waals surface area contributed by atoms with Crippen molar-refractivity contribution in [1.82, 2.24) is 19.6 Å². The quantitative estimate of drug-likeness (QED) is 0.0401. The summed E-state index contributed by atoms with van der Waals surface area (Å²) in [5, 5.41) is 2.68. The Bertz CT molecular complexity index is 2360. The molecule has 0 bridgehead atoms. The van der Waals surface area contributed by atoms with Gasteiger partial charge >= 0.3 is 24.2 Å². The molecule has 1 heterocycles. The largest absolute Gasteiger partial charge is 0.493 e. The average Bonchev–Trinajstić information content (AvgIpc) is 3.79. The highest BCUT2D eigenvalue weighted by Crippen LogP contribution is 2.32. The Hall–Kier alpha value is -5.81. The molecule has 1 aliphatic rings. The summed E-state index contributed by atoms with van der Waals surface area (Å²) in [5.41, 5.74) is 0.558. The van der Waals surface area contributed by atoms with Crippen molar-refractivity contribution >= 4 is 39.9 Å². The van der Waals surface area contributed by atoms with Crippen LogP contribution in [-0.2, 0) is 42.8 Å². The van der Waals surface area contributed by atoms with Crippen LogP contribution in [0.15, 0.2) is 88.6 Å². The Kier molecular flexibility index (Phi) is 20.2. The summed E-state index contributed by atoms with van der Waals surface area (Å²) in [5.74, 6) is 0.102. The van der Waals surface area contributed by atoms with Crippen molar-refractivity contribution in [2.45, 2.75) is 96.7 Å². The minimum absolute atomic E-state index is 0.0242. The van der Waals surface area contributed by atoms with E-state index in [0.29, 0.717) is 40.5 Å². The maximum absolute atomic E-state index is 14.2. The molecule has 2 N–H and O–H groups in total. The van der Waals surface area contributed by atoms with Crippen LogP contribution in [0.25, 0.3) is 16.6 Å². The molecular weight excluding hydrogens is 854 g/mol. The fourth-order valence-corrected chi connectivity index (χ4v) is 7.83. The van der Waals surface area contributed by atoms with Crippen LogP contribution in [0.1, 0.15) is 98.1 Å². The van der Waals surface area contributed by atoms with Gasteiger partial charge in [0.1, 0.15) is 23.3 Å². The summed E-state index contributed by atoms with van der Waals surface area (Å²) in [6.07, 6.45) is 10.6. The van der Waals surface area contributed by atoms with E-state index in [0.717, 1.165) is 25.0 Å². The van der Waals surface area contributed by atoms with Gasteiger partial charge < -0.3 is 24.3 Å². The number of fused-ring (bicyclic) bond motifs is 1. The highest BCUT2D eigenvalue weighted by Gasteiger charge is 2.30. The topological polar surface area (TPSA) is 164 Å². The van der Waals surface area contributed by atoms with E-state index >= 15 is 0 Å². The first kappa shape index (κ1) is 50.8. The average molecular weight is 911 g/mol. The lowest BCUT2D eigenvalue weighted by atomic mass is 9.98. The smallest absolute Gasteiger partial charge is 0.416 e. The number of amides is 1. The second-order valence-electron chi connectivity index (χ2n) is 14.7. The minimum Gasteiger partial charge on any atom is -0.493 e. The minimum atomic E-state index is -4.32. The van der Waals surface area contributed by atoms with Crippen LogP contribution in [0.2, 0.25) is 0 Å². The number of nitrogens with one attached hydrogen (secondary N) is 2. The zero-order valence-corrected chi connectivity index (χ0v) is 37.7. The number of alkyl halides is 3. The predicted octanol–water partition coefficient (Wildman–Crippen LogP) is 9.16. The number of hydrogen-bond acceptors (Lipinski definition) is 10. The van der Waals surface area contributed by atoms with Gasteiger partial charge in [-0.3, -0.25) is 14.2 Å². The molecular formula is C47H57F3N4O9S. The molecule has 3 aromatic carbocycles. The maximum atomic E-state index is 14.2. The molecule has 0 saturated heterocycles. The van der Waals surface area contributed by atoms with Crippen molar-refractivity contribution in [2.24, 2.45) is 5.92 Å². The zero-order chi connectivity index (χ0) is 46.6. The lowest BCUT2D eigenvalue weighted by molar-refractivity contribution is -0.143. The van der Waals surface area contributed by atoms with Gasteiger partial charge in [0, 0.05) is 6.42 Å². The molecule has 0 spiro atoms. The van der Waals surface area contributed by atoms with Crippen LogP contribution in [0.4, 0.5) is 18.0 Å². The SMILES string of the molecule is C/C=C\CCCC(=O)OCCNC(=O)OCc1nc2cc(C)c(C(=O)OCC)c(C)c2c(=O)n1-c1ccccc1S(=O)NC.FC(F)(F)c1cccc(OCC/C=C/C2CCCC2)c1. The van der Waals surface area contributed by atoms with Crippen LogP contribution >= 0.6 is 0 Å². The third kappa shape index (κ3) is 14.9. The Labute approximate surface area is 374 Å². The van der Waals surface area contributed by atoms with E-state index in [1.807, 2.05) is 19.1 Å². The third-order valence-electron chi connectivity index (χ3n) is 10.1. The van der Waals surface area contributed by atoms with E-state index in [9.17, 15) is 36.6 Å². The Morgan fingerprint density at radius 1 is 0.969 bits per heavy atom.